The molecule has 1 aliphatic rings. The highest BCUT2D eigenvalue weighted by molar-refractivity contribution is 5.56. The van der Waals surface area contributed by atoms with E-state index in [1.54, 1.807) is 4.68 Å². The monoisotopic (exact) mass is 330 g/mol. The maximum atomic E-state index is 9.63. The van der Waals surface area contributed by atoms with E-state index in [0.29, 0.717) is 11.5 Å². The second-order valence-corrected chi connectivity index (χ2v) is 5.81. The number of fused-ring (bicyclic) bond motifs is 1. The third kappa shape index (κ3) is 2.34. The largest absolute Gasteiger partial charge is 0.422 e. The Hall–Kier alpha value is -3.59. The lowest BCUT2D eigenvalue weighted by atomic mass is 9.85. The second-order valence-electron chi connectivity index (χ2n) is 5.81. The number of allylic oxidation sites excluding steroid dienone is 1. The molecule has 1 unspecified atom stereocenters. The van der Waals surface area contributed by atoms with Crippen LogP contribution in [0.3, 0.4) is 0 Å². The normalized spacial score (nSPS) is 16.1. The Morgan fingerprint density at radius 2 is 2.04 bits per heavy atom. The third-order valence-electron chi connectivity index (χ3n) is 4.30. The van der Waals surface area contributed by atoms with Crippen molar-refractivity contribution in [1.82, 2.24) is 9.78 Å². The lowest BCUT2D eigenvalue weighted by Crippen LogP contribution is -2.22. The number of hydrogen-bond acceptors (Lipinski definition) is 4. The van der Waals surface area contributed by atoms with Gasteiger partial charge >= 0.3 is 0 Å². The summed E-state index contributed by atoms with van der Waals surface area (Å²) in [6.07, 6.45) is 3.69. The van der Waals surface area contributed by atoms with Crippen LogP contribution in [0.1, 0.15) is 22.7 Å². The average Bonchev–Trinajstić information content (AvgIpc) is 2.98. The van der Waals surface area contributed by atoms with Gasteiger partial charge in [0.2, 0.25) is 11.8 Å². The van der Waals surface area contributed by atoms with Crippen LogP contribution in [0.5, 0.6) is 5.88 Å². The van der Waals surface area contributed by atoms with Gasteiger partial charge in [-0.05, 0) is 25.1 Å². The lowest BCUT2D eigenvalue weighted by Gasteiger charge is -2.23. The van der Waals surface area contributed by atoms with Gasteiger partial charge in [0.25, 0.3) is 0 Å². The van der Waals surface area contributed by atoms with Gasteiger partial charge in [-0.3, -0.25) is 0 Å². The molecule has 1 aromatic carbocycles. The summed E-state index contributed by atoms with van der Waals surface area (Å²) in [5.41, 5.74) is 9.92. The summed E-state index contributed by atoms with van der Waals surface area (Å²) >= 11 is 0. The van der Waals surface area contributed by atoms with Crippen LogP contribution >= 0.6 is 0 Å². The zero-order chi connectivity index (χ0) is 17.4. The molecule has 0 spiro atoms. The van der Waals surface area contributed by atoms with Gasteiger partial charge in [-0.2, -0.15) is 10.4 Å². The molecule has 0 saturated carbocycles. The molecule has 122 valence electrons. The fraction of sp³-hybridized carbons (Fsp3) is 0.105. The number of nitrogens with two attached hydrogens (primary N) is 1. The van der Waals surface area contributed by atoms with E-state index >= 15 is 0 Å². The molecule has 0 aliphatic carbocycles. The summed E-state index contributed by atoms with van der Waals surface area (Å²) < 4.78 is 7.55. The summed E-state index contributed by atoms with van der Waals surface area (Å²) in [5.74, 6) is 0.346. The highest BCUT2D eigenvalue weighted by Gasteiger charge is 2.36. The molecule has 1 atom stereocenters. The van der Waals surface area contributed by atoms with Crippen molar-refractivity contribution >= 4 is 0 Å². The lowest BCUT2D eigenvalue weighted by molar-refractivity contribution is -0.378. The van der Waals surface area contributed by atoms with Crippen molar-refractivity contribution < 1.29 is 9.72 Å². The van der Waals surface area contributed by atoms with E-state index < -0.39 is 0 Å². The van der Waals surface area contributed by atoms with Crippen molar-refractivity contribution in [2.24, 2.45) is 5.73 Å². The number of aromatic amines is 1. The summed E-state index contributed by atoms with van der Waals surface area (Å²) in [5, 5.41) is 14.3. The number of nitrogens with zero attached hydrogens (tertiary/aromatic N) is 3. The Morgan fingerprint density at radius 3 is 2.72 bits per heavy atom. The molecule has 0 amide bonds. The minimum absolute atomic E-state index is 0.112. The van der Waals surface area contributed by atoms with E-state index in [4.69, 9.17) is 10.5 Å². The number of aromatic nitrogens is 3. The molecule has 1 aliphatic heterocycles. The Bertz CT molecular complexity index is 1000. The molecule has 0 bridgehead atoms. The average molecular weight is 330 g/mol. The first-order valence-electron chi connectivity index (χ1n) is 7.89. The van der Waals surface area contributed by atoms with Crippen LogP contribution in [0.25, 0.3) is 5.69 Å². The van der Waals surface area contributed by atoms with Gasteiger partial charge in [-0.25, -0.2) is 9.67 Å². The van der Waals surface area contributed by atoms with E-state index in [1.165, 1.54) is 0 Å². The first-order valence-corrected chi connectivity index (χ1v) is 7.89. The maximum Gasteiger partial charge on any atom is 0.229 e. The van der Waals surface area contributed by atoms with Crippen LogP contribution in [0.15, 0.2) is 66.3 Å². The van der Waals surface area contributed by atoms with Gasteiger partial charge in [0, 0.05) is 11.6 Å². The van der Waals surface area contributed by atoms with Crippen LogP contribution in [-0.2, 0) is 0 Å². The Kier molecular flexibility index (Phi) is 3.47. The van der Waals surface area contributed by atoms with Crippen LogP contribution in [0.2, 0.25) is 0 Å². The van der Waals surface area contributed by atoms with E-state index in [0.717, 1.165) is 22.5 Å². The number of hydrogen-bond donors (Lipinski definition) is 1. The molecule has 4 rings (SSSR count). The molecule has 0 fully saturated rings. The van der Waals surface area contributed by atoms with E-state index in [1.807, 2.05) is 61.8 Å². The van der Waals surface area contributed by atoms with E-state index in [9.17, 15) is 5.26 Å². The SMILES string of the molecule is Cc1nn(-c2ccccc2)c2c1C(c1ccc[nH+]c1)C(C#N)=C(N)O2. The predicted molar refractivity (Wildman–Crippen MR) is 90.6 cm³/mol. The van der Waals surface area contributed by atoms with Crippen molar-refractivity contribution in [2.75, 3.05) is 0 Å². The van der Waals surface area contributed by atoms with Crippen molar-refractivity contribution in [3.8, 4) is 17.6 Å². The summed E-state index contributed by atoms with van der Waals surface area (Å²) in [6, 6.07) is 15.8. The standard InChI is InChI=1S/C19H15N5O/c1-12-16-17(13-6-5-9-22-11-13)15(10-20)18(21)25-19(16)24(23-12)14-7-3-2-4-8-14/h2-9,11,17H,21H2,1H3/p+1. The molecule has 0 radical (unpaired) electrons. The highest BCUT2D eigenvalue weighted by Crippen LogP contribution is 2.44. The van der Waals surface area contributed by atoms with Crippen LogP contribution < -0.4 is 15.5 Å². The number of pyridine rings is 1. The van der Waals surface area contributed by atoms with Crippen LogP contribution in [0, 0.1) is 18.3 Å². The molecule has 3 heterocycles. The van der Waals surface area contributed by atoms with Gasteiger partial charge < -0.3 is 10.5 Å². The van der Waals surface area contributed by atoms with Gasteiger partial charge in [0.1, 0.15) is 11.6 Å². The Balaban J connectivity index is 1.97. The van der Waals surface area contributed by atoms with E-state index in [-0.39, 0.29) is 11.8 Å². The van der Waals surface area contributed by atoms with Crippen LogP contribution in [-0.4, -0.2) is 9.78 Å². The topological polar surface area (TPSA) is 91.0 Å². The fourth-order valence-corrected chi connectivity index (χ4v) is 3.18. The fourth-order valence-electron chi connectivity index (χ4n) is 3.18. The molecule has 0 saturated heterocycles. The minimum Gasteiger partial charge on any atom is -0.422 e. The zero-order valence-corrected chi connectivity index (χ0v) is 13.6. The van der Waals surface area contributed by atoms with Crippen molar-refractivity contribution in [2.45, 2.75) is 12.8 Å². The second kappa shape index (κ2) is 5.80. The van der Waals surface area contributed by atoms with Gasteiger partial charge in [-0.1, -0.05) is 18.2 Å². The smallest absolute Gasteiger partial charge is 0.229 e. The van der Waals surface area contributed by atoms with Crippen LogP contribution in [0.4, 0.5) is 0 Å². The molecular formula is C19H16N5O+. The first kappa shape index (κ1) is 15.0. The summed E-state index contributed by atoms with van der Waals surface area (Å²) in [6.45, 7) is 1.91. The molecule has 2 aromatic heterocycles. The van der Waals surface area contributed by atoms with Gasteiger partial charge in [-0.15, -0.1) is 0 Å². The minimum atomic E-state index is -0.316. The number of ether oxygens (including phenoxy) is 1. The Labute approximate surface area is 144 Å². The van der Waals surface area contributed by atoms with Gasteiger partial charge in [0.15, 0.2) is 12.4 Å². The van der Waals surface area contributed by atoms with Crippen molar-refractivity contribution in [3.63, 3.8) is 0 Å². The summed E-state index contributed by atoms with van der Waals surface area (Å²) in [4.78, 5) is 3.07. The number of para-hydroxylation sites is 1. The summed E-state index contributed by atoms with van der Waals surface area (Å²) in [7, 11) is 0. The number of rotatable bonds is 2. The number of aryl methyl sites for hydroxylation is 1. The van der Waals surface area contributed by atoms with Crippen molar-refractivity contribution in [1.29, 1.82) is 5.26 Å². The molecule has 6 heteroatoms. The molecule has 3 N–H and O–H groups in total. The Morgan fingerprint density at radius 1 is 1.24 bits per heavy atom. The maximum absolute atomic E-state index is 9.63. The van der Waals surface area contributed by atoms with Crippen molar-refractivity contribution in [3.05, 3.63) is 83.1 Å². The first-order chi connectivity index (χ1) is 12.2. The zero-order valence-electron chi connectivity index (χ0n) is 13.6. The number of nitrogens with one attached hydrogen (secondary N) is 1. The third-order valence-corrected chi connectivity index (χ3v) is 4.30. The quantitative estimate of drug-likeness (QED) is 0.780. The number of H-pyrrole nitrogens is 1. The van der Waals surface area contributed by atoms with E-state index in [2.05, 4.69) is 16.2 Å². The molecular weight excluding hydrogens is 314 g/mol. The van der Waals surface area contributed by atoms with Gasteiger partial charge in [0.05, 0.1) is 22.9 Å². The highest BCUT2D eigenvalue weighted by atomic mass is 16.5. The number of benzene rings is 1. The molecule has 6 nitrogen and oxygen atoms in total. The molecule has 25 heavy (non-hydrogen) atoms. The molecule has 3 aromatic rings. The predicted octanol–water partition coefficient (Wildman–Crippen LogP) is 2.21. The number of nitriles is 1.